The van der Waals surface area contributed by atoms with Crippen molar-refractivity contribution in [2.45, 2.75) is 6.92 Å². The van der Waals surface area contributed by atoms with Crippen molar-refractivity contribution in [2.75, 3.05) is 16.8 Å². The lowest BCUT2D eigenvalue weighted by molar-refractivity contribution is -0.113. The molecule has 84 valence electrons. The van der Waals surface area contributed by atoms with Gasteiger partial charge in [0.15, 0.2) is 0 Å². The van der Waals surface area contributed by atoms with E-state index in [4.69, 9.17) is 16.9 Å². The van der Waals surface area contributed by atoms with Gasteiger partial charge in [-0.15, -0.1) is 11.8 Å². The quantitative estimate of drug-likeness (QED) is 0.841. The highest BCUT2D eigenvalue weighted by Crippen LogP contribution is 2.19. The summed E-state index contributed by atoms with van der Waals surface area (Å²) in [6.45, 7) is 1.88. The van der Waals surface area contributed by atoms with Gasteiger partial charge in [0.1, 0.15) is 0 Å². The Morgan fingerprint density at radius 1 is 1.62 bits per heavy atom. The van der Waals surface area contributed by atoms with Gasteiger partial charge >= 0.3 is 0 Å². The first-order valence-electron chi connectivity index (χ1n) is 4.64. The first-order chi connectivity index (χ1) is 7.63. The van der Waals surface area contributed by atoms with Crippen LogP contribution in [0.3, 0.4) is 0 Å². The number of thioether (sulfide) groups is 1. The Balaban J connectivity index is 2.53. The summed E-state index contributed by atoms with van der Waals surface area (Å²) >= 11 is 7.09. The van der Waals surface area contributed by atoms with Crippen molar-refractivity contribution in [3.63, 3.8) is 0 Å². The van der Waals surface area contributed by atoms with E-state index in [1.54, 1.807) is 18.2 Å². The summed E-state index contributed by atoms with van der Waals surface area (Å²) in [5.41, 5.74) is 1.68. The Morgan fingerprint density at radius 2 is 2.38 bits per heavy atom. The van der Waals surface area contributed by atoms with Crippen LogP contribution in [0.2, 0.25) is 5.02 Å². The van der Waals surface area contributed by atoms with Gasteiger partial charge in [-0.2, -0.15) is 5.26 Å². The number of carbonyl (C=O) groups is 1. The van der Waals surface area contributed by atoms with Gasteiger partial charge in [-0.25, -0.2) is 0 Å². The fourth-order valence-corrected chi connectivity index (χ4v) is 1.82. The largest absolute Gasteiger partial charge is 0.325 e. The number of carbonyl (C=O) groups excluding carboxylic acids is 1. The van der Waals surface area contributed by atoms with Gasteiger partial charge in [0.2, 0.25) is 5.91 Å². The molecule has 5 heteroatoms. The van der Waals surface area contributed by atoms with Crippen LogP contribution in [-0.2, 0) is 4.79 Å². The minimum Gasteiger partial charge on any atom is -0.325 e. The summed E-state index contributed by atoms with van der Waals surface area (Å²) in [6, 6.07) is 7.26. The molecule has 0 saturated carbocycles. The molecule has 0 aliphatic rings. The number of aryl methyl sites for hydroxylation is 1. The van der Waals surface area contributed by atoms with Crippen molar-refractivity contribution in [3.8, 4) is 6.07 Å². The van der Waals surface area contributed by atoms with Gasteiger partial charge in [-0.1, -0.05) is 11.6 Å². The van der Waals surface area contributed by atoms with Crippen LogP contribution in [0.5, 0.6) is 0 Å². The molecule has 0 radical (unpaired) electrons. The van der Waals surface area contributed by atoms with E-state index in [0.717, 1.165) is 11.3 Å². The van der Waals surface area contributed by atoms with Gasteiger partial charge < -0.3 is 5.32 Å². The normalized spacial score (nSPS) is 9.56. The van der Waals surface area contributed by atoms with Crippen LogP contribution in [0.25, 0.3) is 0 Å². The summed E-state index contributed by atoms with van der Waals surface area (Å²) in [6.07, 6.45) is 0. The maximum Gasteiger partial charge on any atom is 0.234 e. The molecule has 1 rings (SSSR count). The van der Waals surface area contributed by atoms with Crippen molar-refractivity contribution >= 4 is 35.0 Å². The summed E-state index contributed by atoms with van der Waals surface area (Å²) in [4.78, 5) is 11.5. The Kier molecular flexibility index (Phi) is 5.17. The minimum atomic E-state index is -0.106. The van der Waals surface area contributed by atoms with Gasteiger partial charge in [-0.3, -0.25) is 4.79 Å². The summed E-state index contributed by atoms with van der Waals surface area (Å²) in [5, 5.41) is 11.7. The SMILES string of the molecule is Cc1cc(Cl)ccc1NC(=O)CSCC#N. The van der Waals surface area contributed by atoms with Crippen molar-refractivity contribution in [1.82, 2.24) is 0 Å². The van der Waals surface area contributed by atoms with E-state index >= 15 is 0 Å². The lowest BCUT2D eigenvalue weighted by Gasteiger charge is -2.07. The molecule has 1 N–H and O–H groups in total. The molecule has 0 unspecified atom stereocenters. The van der Waals surface area contributed by atoms with Crippen molar-refractivity contribution in [3.05, 3.63) is 28.8 Å². The van der Waals surface area contributed by atoms with E-state index in [0.29, 0.717) is 10.8 Å². The molecule has 0 heterocycles. The van der Waals surface area contributed by atoms with Crippen LogP contribution in [-0.4, -0.2) is 17.4 Å². The Labute approximate surface area is 104 Å². The number of anilines is 1. The van der Waals surface area contributed by atoms with E-state index in [2.05, 4.69) is 5.32 Å². The second-order valence-electron chi connectivity index (χ2n) is 3.16. The molecule has 1 aromatic rings. The zero-order chi connectivity index (χ0) is 12.0. The fourth-order valence-electron chi connectivity index (χ4n) is 1.14. The molecule has 0 aromatic heterocycles. The lowest BCUT2D eigenvalue weighted by atomic mass is 10.2. The number of hydrogen-bond acceptors (Lipinski definition) is 3. The molecule has 1 amide bonds. The van der Waals surface area contributed by atoms with Crippen LogP contribution < -0.4 is 5.32 Å². The highest BCUT2D eigenvalue weighted by atomic mass is 35.5. The number of rotatable bonds is 4. The second kappa shape index (κ2) is 6.41. The van der Waals surface area contributed by atoms with Crippen LogP contribution >= 0.6 is 23.4 Å². The number of benzene rings is 1. The third kappa shape index (κ3) is 4.13. The van der Waals surface area contributed by atoms with Crippen molar-refractivity contribution in [2.24, 2.45) is 0 Å². The van der Waals surface area contributed by atoms with Crippen LogP contribution in [0.1, 0.15) is 5.56 Å². The van der Waals surface area contributed by atoms with Crippen LogP contribution in [0.15, 0.2) is 18.2 Å². The van der Waals surface area contributed by atoms with Crippen LogP contribution in [0, 0.1) is 18.3 Å². The average Bonchev–Trinajstić information content (AvgIpc) is 2.23. The molecule has 0 saturated heterocycles. The van der Waals surface area contributed by atoms with E-state index in [1.165, 1.54) is 11.8 Å². The number of nitriles is 1. The van der Waals surface area contributed by atoms with E-state index < -0.39 is 0 Å². The smallest absolute Gasteiger partial charge is 0.234 e. The molecule has 0 spiro atoms. The molecule has 0 atom stereocenters. The molecule has 0 aliphatic carbocycles. The maximum atomic E-state index is 11.5. The van der Waals surface area contributed by atoms with E-state index in [1.807, 2.05) is 13.0 Å². The molecular weight excluding hydrogens is 244 g/mol. The highest BCUT2D eigenvalue weighted by Gasteiger charge is 2.04. The predicted octanol–water partition coefficient (Wildman–Crippen LogP) is 2.84. The third-order valence-electron chi connectivity index (χ3n) is 1.86. The summed E-state index contributed by atoms with van der Waals surface area (Å²) < 4.78 is 0. The molecule has 0 bridgehead atoms. The highest BCUT2D eigenvalue weighted by molar-refractivity contribution is 8.00. The summed E-state index contributed by atoms with van der Waals surface area (Å²) in [5.74, 6) is 0.508. The van der Waals surface area contributed by atoms with Gasteiger partial charge in [0.25, 0.3) is 0 Å². The second-order valence-corrected chi connectivity index (χ2v) is 4.58. The Morgan fingerprint density at radius 3 is 3.00 bits per heavy atom. The number of nitrogens with one attached hydrogen (secondary N) is 1. The van der Waals surface area contributed by atoms with E-state index in [-0.39, 0.29) is 11.7 Å². The Hall–Kier alpha value is -1.18. The van der Waals surface area contributed by atoms with E-state index in [9.17, 15) is 4.79 Å². The molecule has 16 heavy (non-hydrogen) atoms. The summed E-state index contributed by atoms with van der Waals surface area (Å²) in [7, 11) is 0. The van der Waals surface area contributed by atoms with Crippen molar-refractivity contribution in [1.29, 1.82) is 5.26 Å². The standard InChI is InChI=1S/C11H11ClN2OS/c1-8-6-9(12)2-3-10(8)14-11(15)7-16-5-4-13/h2-3,6H,5,7H2,1H3,(H,14,15). The van der Waals surface area contributed by atoms with Gasteiger partial charge in [0.05, 0.1) is 17.6 Å². The number of nitrogens with zero attached hydrogens (tertiary/aromatic N) is 1. The Bertz CT molecular complexity index is 428. The zero-order valence-corrected chi connectivity index (χ0v) is 10.4. The molecular formula is C11H11ClN2OS. The third-order valence-corrected chi connectivity index (χ3v) is 2.90. The number of halogens is 1. The monoisotopic (exact) mass is 254 g/mol. The van der Waals surface area contributed by atoms with Gasteiger partial charge in [-0.05, 0) is 30.7 Å². The molecule has 3 nitrogen and oxygen atoms in total. The zero-order valence-electron chi connectivity index (χ0n) is 8.79. The van der Waals surface area contributed by atoms with Gasteiger partial charge in [0, 0.05) is 10.7 Å². The number of amides is 1. The maximum absolute atomic E-state index is 11.5. The molecule has 1 aromatic carbocycles. The minimum absolute atomic E-state index is 0.106. The van der Waals surface area contributed by atoms with Crippen LogP contribution in [0.4, 0.5) is 5.69 Å². The average molecular weight is 255 g/mol. The first-order valence-corrected chi connectivity index (χ1v) is 6.17. The fraction of sp³-hybridized carbons (Fsp3) is 0.273. The van der Waals surface area contributed by atoms with Crippen molar-refractivity contribution < 1.29 is 4.79 Å². The molecule has 0 aliphatic heterocycles. The number of hydrogen-bond donors (Lipinski definition) is 1. The topological polar surface area (TPSA) is 52.9 Å². The predicted molar refractivity (Wildman–Crippen MR) is 67.8 cm³/mol. The first kappa shape index (κ1) is 12.9. The lowest BCUT2D eigenvalue weighted by Crippen LogP contribution is -2.15. The molecule has 0 fully saturated rings.